The Morgan fingerprint density at radius 3 is 2.22 bits per heavy atom. The van der Waals surface area contributed by atoms with Gasteiger partial charge in [0.05, 0.1) is 23.6 Å². The van der Waals surface area contributed by atoms with E-state index in [9.17, 15) is 29.1 Å². The largest absolute Gasteiger partial charge is 0.496 e. The van der Waals surface area contributed by atoms with Gasteiger partial charge in [-0.25, -0.2) is 14.8 Å². The first-order chi connectivity index (χ1) is 31.1. The lowest BCUT2D eigenvalue weighted by atomic mass is 9.82. The number of carbonyl (C=O) groups is 5. The molecule has 1 unspecified atom stereocenters. The molecule has 2 aromatic carbocycles. The average molecular weight is 896 g/mol. The van der Waals surface area contributed by atoms with E-state index in [1.807, 2.05) is 24.3 Å². The minimum atomic E-state index is -1.38. The van der Waals surface area contributed by atoms with E-state index in [1.54, 1.807) is 44.2 Å². The molecule has 1 fully saturated rings. The lowest BCUT2D eigenvalue weighted by Gasteiger charge is -2.34. The Kier molecular flexibility index (Phi) is 15.6. The lowest BCUT2D eigenvalue weighted by Crippen LogP contribution is -2.55. The molecule has 18 heteroatoms. The Morgan fingerprint density at radius 1 is 0.923 bits per heavy atom. The third kappa shape index (κ3) is 11.3. The highest BCUT2D eigenvalue weighted by Gasteiger charge is 2.43. The number of benzene rings is 2. The van der Waals surface area contributed by atoms with Crippen LogP contribution in [0.2, 0.25) is 0 Å². The SMILES string of the molecule is CCC1(Oc2ccc(-c3nc(C)c(C(=O)N[C@@H](CCN)C(=O)N(C)[C@@H]4C(=O)N[C@@H](C)C(=O)N[C@H](C(=O)O)CC5=CC=C(OCCN)C(C5)c5cc4ccc5OCCN)c(C)n3)cc2)CC1. The number of fused-ring (bicyclic) bond motifs is 5. The van der Waals surface area contributed by atoms with Crippen LogP contribution in [0.1, 0.15) is 97.2 Å². The normalized spacial score (nSPS) is 20.7. The number of allylic oxidation sites excluding steroid dienone is 3. The molecule has 10 N–H and O–H groups in total. The Morgan fingerprint density at radius 2 is 1.60 bits per heavy atom. The van der Waals surface area contributed by atoms with Crippen LogP contribution in [0.3, 0.4) is 0 Å². The van der Waals surface area contributed by atoms with E-state index in [1.165, 1.54) is 18.9 Å². The molecule has 2 heterocycles. The topological polar surface area (TPSA) is 276 Å². The van der Waals surface area contributed by atoms with E-state index in [2.05, 4.69) is 32.8 Å². The van der Waals surface area contributed by atoms with E-state index < -0.39 is 59.7 Å². The number of ether oxygens (including phenoxy) is 3. The van der Waals surface area contributed by atoms with Gasteiger partial charge >= 0.3 is 5.97 Å². The summed E-state index contributed by atoms with van der Waals surface area (Å²) in [6, 6.07) is 7.43. The maximum absolute atomic E-state index is 14.7. The van der Waals surface area contributed by atoms with E-state index in [0.717, 1.165) is 30.6 Å². The van der Waals surface area contributed by atoms with E-state index in [-0.39, 0.29) is 63.3 Å². The Hall–Kier alpha value is -6.37. The summed E-state index contributed by atoms with van der Waals surface area (Å²) in [5.41, 5.74) is 20.9. The predicted octanol–water partition coefficient (Wildman–Crippen LogP) is 2.82. The molecule has 2 aliphatic carbocycles. The number of hydrogen-bond donors (Lipinski definition) is 7. The number of aliphatic carboxylic acids is 1. The number of rotatable bonds is 17. The van der Waals surface area contributed by atoms with Crippen molar-refractivity contribution in [1.82, 2.24) is 30.8 Å². The van der Waals surface area contributed by atoms with Crippen LogP contribution in [-0.2, 0) is 23.9 Å². The van der Waals surface area contributed by atoms with Crippen molar-refractivity contribution in [3.63, 3.8) is 0 Å². The molecule has 348 valence electrons. The predicted molar refractivity (Wildman–Crippen MR) is 242 cm³/mol. The van der Waals surface area contributed by atoms with E-state index in [4.69, 9.17) is 31.4 Å². The highest BCUT2D eigenvalue weighted by Crippen LogP contribution is 2.44. The van der Waals surface area contributed by atoms with Crippen LogP contribution in [0, 0.1) is 13.8 Å². The van der Waals surface area contributed by atoms with Crippen molar-refractivity contribution in [1.29, 1.82) is 0 Å². The molecule has 4 amide bonds. The summed E-state index contributed by atoms with van der Waals surface area (Å²) in [4.78, 5) is 79.7. The average Bonchev–Trinajstić information content (AvgIpc) is 4.06. The number of nitrogens with one attached hydrogen (secondary N) is 3. The summed E-state index contributed by atoms with van der Waals surface area (Å²) in [6.07, 6.45) is 6.75. The number of hydrogen-bond acceptors (Lipinski definition) is 13. The summed E-state index contributed by atoms with van der Waals surface area (Å²) in [7, 11) is 1.42. The fraction of sp³-hybridized carbons (Fsp3) is 0.468. The first-order valence-electron chi connectivity index (χ1n) is 22.1. The van der Waals surface area contributed by atoms with Gasteiger partial charge in [0.15, 0.2) is 5.82 Å². The summed E-state index contributed by atoms with van der Waals surface area (Å²) in [6.45, 7) is 7.69. The summed E-state index contributed by atoms with van der Waals surface area (Å²) in [5.74, 6) is -2.44. The van der Waals surface area contributed by atoms with Crippen LogP contribution >= 0.6 is 0 Å². The molecule has 0 radical (unpaired) electrons. The first-order valence-corrected chi connectivity index (χ1v) is 22.1. The minimum absolute atomic E-state index is 0.00258. The van der Waals surface area contributed by atoms with Gasteiger partial charge in [-0.3, -0.25) is 19.2 Å². The molecule has 3 aliphatic rings. The third-order valence-corrected chi connectivity index (χ3v) is 12.1. The quantitative estimate of drug-likeness (QED) is 0.103. The fourth-order valence-electron chi connectivity index (χ4n) is 8.26. The second-order valence-electron chi connectivity index (χ2n) is 16.8. The Labute approximate surface area is 378 Å². The van der Waals surface area contributed by atoms with Gasteiger partial charge < -0.3 is 57.4 Å². The number of nitrogens with zero attached hydrogens (tertiary/aromatic N) is 3. The molecule has 0 spiro atoms. The molecule has 4 bridgehead atoms. The zero-order valence-electron chi connectivity index (χ0n) is 37.6. The second-order valence-corrected chi connectivity index (χ2v) is 16.8. The maximum Gasteiger partial charge on any atom is 0.326 e. The number of carboxylic acids is 1. The van der Waals surface area contributed by atoms with Gasteiger partial charge in [-0.05, 0) is 114 Å². The molecule has 5 atom stereocenters. The van der Waals surface area contributed by atoms with Crippen LogP contribution in [0.25, 0.3) is 11.4 Å². The lowest BCUT2D eigenvalue weighted by molar-refractivity contribution is -0.143. The van der Waals surface area contributed by atoms with Gasteiger partial charge in [-0.1, -0.05) is 24.6 Å². The highest BCUT2D eigenvalue weighted by atomic mass is 16.5. The molecule has 1 aliphatic heterocycles. The summed E-state index contributed by atoms with van der Waals surface area (Å²) >= 11 is 0. The minimum Gasteiger partial charge on any atom is -0.496 e. The molecule has 0 saturated heterocycles. The summed E-state index contributed by atoms with van der Waals surface area (Å²) in [5, 5.41) is 18.2. The van der Waals surface area contributed by atoms with Crippen molar-refractivity contribution in [2.45, 2.75) is 102 Å². The number of aryl methyl sites for hydroxylation is 2. The number of carboxylic acid groups (broad SMARTS) is 1. The molecule has 1 aromatic heterocycles. The standard InChI is InChI=1S/C47H61N9O9/c1-6-47(16-17-47)65-32-11-8-30(9-12-32)41-51-26(2)39(27(3)52-41)43(58)54-35(15-18-48)45(60)56(5)40-31-10-14-38(64-22-20-50)34(25-31)33-23-29(7-13-37(33)63-21-19-49)24-36(46(61)62)55-42(57)28(4)53-44(40)59/h7-14,25,28,33,35-36,40H,6,15-24,48-50H2,1-5H3,(H,53,59)(H,54,58)(H,55,57)(H,61,62)/t28-,33?,35-,36-,40-/m0/s1. The first kappa shape index (κ1) is 48.1. The molecular formula is C47H61N9O9. The van der Waals surface area contributed by atoms with E-state index >= 15 is 0 Å². The number of amides is 4. The van der Waals surface area contributed by atoms with Crippen LogP contribution < -0.4 is 42.6 Å². The number of nitrogens with two attached hydrogens (primary N) is 3. The van der Waals surface area contributed by atoms with Crippen LogP contribution in [0.5, 0.6) is 11.5 Å². The number of aromatic nitrogens is 2. The van der Waals surface area contributed by atoms with Crippen molar-refractivity contribution in [3.8, 4) is 22.9 Å². The summed E-state index contributed by atoms with van der Waals surface area (Å²) < 4.78 is 18.4. The maximum atomic E-state index is 14.7. The zero-order chi connectivity index (χ0) is 47.0. The van der Waals surface area contributed by atoms with Gasteiger partial charge in [0.2, 0.25) is 17.7 Å². The van der Waals surface area contributed by atoms with Gasteiger partial charge in [0, 0.05) is 37.2 Å². The van der Waals surface area contributed by atoms with Crippen molar-refractivity contribution in [2.24, 2.45) is 17.2 Å². The van der Waals surface area contributed by atoms with Crippen molar-refractivity contribution >= 4 is 29.6 Å². The van der Waals surface area contributed by atoms with Crippen molar-refractivity contribution in [3.05, 3.63) is 94.0 Å². The fourth-order valence-corrected chi connectivity index (χ4v) is 8.26. The van der Waals surface area contributed by atoms with Crippen LogP contribution in [0.15, 0.2) is 65.9 Å². The monoisotopic (exact) mass is 895 g/mol. The molecule has 65 heavy (non-hydrogen) atoms. The van der Waals surface area contributed by atoms with Gasteiger partial charge in [0.25, 0.3) is 5.91 Å². The second kappa shape index (κ2) is 21.1. The number of likely N-dealkylation sites (N-methyl/N-ethyl adjacent to an activating group) is 1. The van der Waals surface area contributed by atoms with Gasteiger partial charge in [0.1, 0.15) is 53.6 Å². The van der Waals surface area contributed by atoms with Crippen LogP contribution in [-0.4, -0.2) is 113 Å². The molecule has 3 aromatic rings. The Bertz CT molecular complexity index is 2310. The van der Waals surface area contributed by atoms with Crippen molar-refractivity contribution < 1.29 is 43.3 Å². The Balaban J connectivity index is 1.33. The highest BCUT2D eigenvalue weighted by molar-refractivity contribution is 6.00. The van der Waals surface area contributed by atoms with Crippen LogP contribution in [0.4, 0.5) is 0 Å². The van der Waals surface area contributed by atoms with E-state index in [0.29, 0.717) is 45.4 Å². The number of carbonyl (C=O) groups excluding carboxylic acids is 4. The third-order valence-electron chi connectivity index (χ3n) is 12.1. The molecule has 6 rings (SSSR count). The smallest absolute Gasteiger partial charge is 0.326 e. The molecule has 1 saturated carbocycles. The zero-order valence-corrected chi connectivity index (χ0v) is 37.6. The van der Waals surface area contributed by atoms with Gasteiger partial charge in [-0.15, -0.1) is 0 Å². The molecule has 18 nitrogen and oxygen atoms in total. The van der Waals surface area contributed by atoms with Crippen molar-refractivity contribution in [2.75, 3.05) is 39.9 Å². The van der Waals surface area contributed by atoms with Gasteiger partial charge in [-0.2, -0.15) is 0 Å². The molecular weight excluding hydrogens is 835 g/mol.